The van der Waals surface area contributed by atoms with Gasteiger partial charge in [-0.25, -0.2) is 8.78 Å². The molecule has 1 aliphatic rings. The molecule has 0 spiro atoms. The van der Waals surface area contributed by atoms with Crippen LogP contribution in [0, 0.1) is 11.6 Å². The van der Waals surface area contributed by atoms with Gasteiger partial charge in [0, 0.05) is 0 Å². The summed E-state index contributed by atoms with van der Waals surface area (Å²) in [7, 11) is 0. The first-order valence-electron chi connectivity index (χ1n) is 7.78. The van der Waals surface area contributed by atoms with Gasteiger partial charge in [-0.3, -0.25) is 4.79 Å². The molecule has 2 aromatic rings. The SMILES string of the molecule is O=C(OCc1ccc(F)cc1)C1(c2ccc(F)cc2)CCCC1. The van der Waals surface area contributed by atoms with Gasteiger partial charge >= 0.3 is 5.97 Å². The number of hydrogen-bond donors (Lipinski definition) is 0. The lowest BCUT2D eigenvalue weighted by Crippen LogP contribution is -2.34. The Labute approximate surface area is 134 Å². The van der Waals surface area contributed by atoms with E-state index < -0.39 is 5.41 Å². The minimum Gasteiger partial charge on any atom is -0.460 e. The average molecular weight is 316 g/mol. The normalized spacial score (nSPS) is 16.3. The predicted octanol–water partition coefficient (Wildman–Crippen LogP) is 4.52. The highest BCUT2D eigenvalue weighted by atomic mass is 19.1. The summed E-state index contributed by atoms with van der Waals surface area (Å²) in [4.78, 5) is 12.7. The lowest BCUT2D eigenvalue weighted by atomic mass is 9.79. The van der Waals surface area contributed by atoms with Crippen LogP contribution in [0.1, 0.15) is 36.8 Å². The lowest BCUT2D eigenvalue weighted by Gasteiger charge is -2.27. The molecule has 0 radical (unpaired) electrons. The van der Waals surface area contributed by atoms with E-state index >= 15 is 0 Å². The van der Waals surface area contributed by atoms with Crippen molar-refractivity contribution in [3.63, 3.8) is 0 Å². The van der Waals surface area contributed by atoms with Gasteiger partial charge in [0.2, 0.25) is 0 Å². The van der Waals surface area contributed by atoms with Crippen LogP contribution in [-0.4, -0.2) is 5.97 Å². The Morgan fingerprint density at radius 1 is 0.913 bits per heavy atom. The number of halogens is 2. The van der Waals surface area contributed by atoms with E-state index in [1.807, 2.05) is 0 Å². The summed E-state index contributed by atoms with van der Waals surface area (Å²) < 4.78 is 31.5. The predicted molar refractivity (Wildman–Crippen MR) is 82.7 cm³/mol. The molecule has 1 saturated carbocycles. The van der Waals surface area contributed by atoms with Crippen LogP contribution in [0.5, 0.6) is 0 Å². The second kappa shape index (κ2) is 6.49. The zero-order chi connectivity index (χ0) is 16.3. The maximum atomic E-state index is 13.2. The molecule has 120 valence electrons. The van der Waals surface area contributed by atoms with Crippen molar-refractivity contribution in [1.82, 2.24) is 0 Å². The van der Waals surface area contributed by atoms with E-state index in [9.17, 15) is 13.6 Å². The summed E-state index contributed by atoms with van der Waals surface area (Å²) >= 11 is 0. The summed E-state index contributed by atoms with van der Waals surface area (Å²) in [5.41, 5.74) is 0.862. The van der Waals surface area contributed by atoms with Crippen molar-refractivity contribution in [1.29, 1.82) is 0 Å². The van der Waals surface area contributed by atoms with Crippen LogP contribution in [-0.2, 0) is 21.6 Å². The minimum atomic E-state index is -0.687. The fraction of sp³-hybridized carbons (Fsp3) is 0.316. The Morgan fingerprint density at radius 2 is 1.43 bits per heavy atom. The largest absolute Gasteiger partial charge is 0.460 e. The van der Waals surface area contributed by atoms with E-state index in [0.717, 1.165) is 24.0 Å². The smallest absolute Gasteiger partial charge is 0.316 e. The van der Waals surface area contributed by atoms with Crippen molar-refractivity contribution in [3.05, 3.63) is 71.3 Å². The molecule has 0 amide bonds. The summed E-state index contributed by atoms with van der Waals surface area (Å²) in [5.74, 6) is -0.925. The third kappa shape index (κ3) is 3.26. The molecule has 0 heterocycles. The third-order valence-electron chi connectivity index (χ3n) is 4.53. The van der Waals surface area contributed by atoms with E-state index in [1.54, 1.807) is 24.3 Å². The highest BCUT2D eigenvalue weighted by Gasteiger charge is 2.44. The van der Waals surface area contributed by atoms with Crippen LogP contribution >= 0.6 is 0 Å². The Balaban J connectivity index is 1.76. The van der Waals surface area contributed by atoms with Gasteiger partial charge < -0.3 is 4.74 Å². The van der Waals surface area contributed by atoms with Gasteiger partial charge in [0.15, 0.2) is 0 Å². The first-order valence-corrected chi connectivity index (χ1v) is 7.78. The van der Waals surface area contributed by atoms with Crippen LogP contribution in [0.15, 0.2) is 48.5 Å². The van der Waals surface area contributed by atoms with Crippen molar-refractivity contribution in [2.45, 2.75) is 37.7 Å². The zero-order valence-corrected chi connectivity index (χ0v) is 12.7. The first kappa shape index (κ1) is 15.7. The molecular formula is C19H18F2O2. The van der Waals surface area contributed by atoms with Crippen LogP contribution in [0.4, 0.5) is 8.78 Å². The Bertz CT molecular complexity index is 672. The molecule has 0 N–H and O–H groups in total. The number of benzene rings is 2. The fourth-order valence-electron chi connectivity index (χ4n) is 3.23. The van der Waals surface area contributed by atoms with Crippen molar-refractivity contribution in [2.24, 2.45) is 0 Å². The summed E-state index contributed by atoms with van der Waals surface area (Å²) in [5, 5.41) is 0. The first-order chi connectivity index (χ1) is 11.1. The lowest BCUT2D eigenvalue weighted by molar-refractivity contribution is -0.152. The molecule has 3 rings (SSSR count). The van der Waals surface area contributed by atoms with Crippen molar-refractivity contribution in [3.8, 4) is 0 Å². The number of esters is 1. The van der Waals surface area contributed by atoms with Crippen molar-refractivity contribution >= 4 is 5.97 Å². The van der Waals surface area contributed by atoms with Crippen molar-refractivity contribution < 1.29 is 18.3 Å². The van der Waals surface area contributed by atoms with Gasteiger partial charge in [-0.15, -0.1) is 0 Å². The van der Waals surface area contributed by atoms with E-state index in [2.05, 4.69) is 0 Å². The molecule has 0 saturated heterocycles. The van der Waals surface area contributed by atoms with Crippen LogP contribution < -0.4 is 0 Å². The third-order valence-corrected chi connectivity index (χ3v) is 4.53. The van der Waals surface area contributed by atoms with Gasteiger partial charge in [0.1, 0.15) is 18.2 Å². The summed E-state index contributed by atoms with van der Waals surface area (Å²) in [6.07, 6.45) is 3.31. The quantitative estimate of drug-likeness (QED) is 0.775. The summed E-state index contributed by atoms with van der Waals surface area (Å²) in [6.45, 7) is 0.113. The molecule has 4 heteroatoms. The zero-order valence-electron chi connectivity index (χ0n) is 12.7. The highest BCUT2D eigenvalue weighted by molar-refractivity contribution is 5.83. The van der Waals surface area contributed by atoms with Gasteiger partial charge in [-0.05, 0) is 48.2 Å². The van der Waals surface area contributed by atoms with E-state index in [1.165, 1.54) is 24.3 Å². The molecule has 23 heavy (non-hydrogen) atoms. The minimum absolute atomic E-state index is 0.113. The Kier molecular flexibility index (Phi) is 4.42. The Morgan fingerprint density at radius 3 is 2.00 bits per heavy atom. The number of ether oxygens (including phenoxy) is 1. The van der Waals surface area contributed by atoms with Gasteiger partial charge in [0.25, 0.3) is 0 Å². The summed E-state index contributed by atoms with van der Waals surface area (Å²) in [6, 6.07) is 12.0. The number of carbonyl (C=O) groups is 1. The van der Waals surface area contributed by atoms with E-state index in [4.69, 9.17) is 4.74 Å². The van der Waals surface area contributed by atoms with E-state index in [0.29, 0.717) is 12.8 Å². The van der Waals surface area contributed by atoms with Crippen molar-refractivity contribution in [2.75, 3.05) is 0 Å². The molecule has 2 aromatic carbocycles. The number of carbonyl (C=O) groups excluding carboxylic acids is 1. The second-order valence-corrected chi connectivity index (χ2v) is 6.00. The van der Waals surface area contributed by atoms with Crippen LogP contribution in [0.2, 0.25) is 0 Å². The van der Waals surface area contributed by atoms with Crippen LogP contribution in [0.25, 0.3) is 0 Å². The maximum Gasteiger partial charge on any atom is 0.316 e. The Hall–Kier alpha value is -2.23. The molecule has 0 bridgehead atoms. The molecule has 0 aromatic heterocycles. The van der Waals surface area contributed by atoms with Gasteiger partial charge in [0.05, 0.1) is 5.41 Å². The number of hydrogen-bond acceptors (Lipinski definition) is 2. The molecule has 2 nitrogen and oxygen atoms in total. The average Bonchev–Trinajstić information content (AvgIpc) is 3.06. The molecule has 1 aliphatic carbocycles. The molecule has 0 unspecified atom stereocenters. The standard InChI is InChI=1S/C19H18F2O2/c20-16-7-3-14(4-8-16)13-23-18(22)19(11-1-2-12-19)15-5-9-17(21)10-6-15/h3-10H,1-2,11-13H2. The second-order valence-electron chi connectivity index (χ2n) is 6.00. The van der Waals surface area contributed by atoms with Crippen LogP contribution in [0.3, 0.4) is 0 Å². The number of rotatable bonds is 4. The molecule has 0 atom stereocenters. The molecule has 1 fully saturated rings. The van der Waals surface area contributed by atoms with Gasteiger partial charge in [-0.2, -0.15) is 0 Å². The molecular weight excluding hydrogens is 298 g/mol. The maximum absolute atomic E-state index is 13.2. The molecule has 0 aliphatic heterocycles. The topological polar surface area (TPSA) is 26.3 Å². The van der Waals surface area contributed by atoms with E-state index in [-0.39, 0.29) is 24.2 Å². The fourth-order valence-corrected chi connectivity index (χ4v) is 3.23. The van der Waals surface area contributed by atoms with Gasteiger partial charge in [-0.1, -0.05) is 37.1 Å². The monoisotopic (exact) mass is 316 g/mol. The highest BCUT2D eigenvalue weighted by Crippen LogP contribution is 2.42.